The zero-order chi connectivity index (χ0) is 12.4. The third-order valence-corrected chi connectivity index (χ3v) is 2.86. The Bertz CT molecular complexity index is 432. The molecule has 1 fully saturated rings. The van der Waals surface area contributed by atoms with E-state index in [4.69, 9.17) is 5.11 Å². The van der Waals surface area contributed by atoms with Gasteiger partial charge >= 0.3 is 5.97 Å². The van der Waals surface area contributed by atoms with E-state index in [1.165, 1.54) is 6.07 Å². The minimum absolute atomic E-state index is 0.0677. The smallest absolute Gasteiger partial charge is 0.325 e. The molecule has 92 valence electrons. The van der Waals surface area contributed by atoms with Crippen molar-refractivity contribution in [3.63, 3.8) is 0 Å². The summed E-state index contributed by atoms with van der Waals surface area (Å²) in [6, 6.07) is 2.25. The van der Waals surface area contributed by atoms with Gasteiger partial charge in [-0.3, -0.25) is 4.79 Å². The van der Waals surface area contributed by atoms with Crippen LogP contribution in [0.5, 0.6) is 5.75 Å². The molecule has 1 aromatic rings. The molecule has 0 spiro atoms. The van der Waals surface area contributed by atoms with Crippen LogP contribution in [0.15, 0.2) is 18.2 Å². The van der Waals surface area contributed by atoms with E-state index in [9.17, 15) is 14.3 Å². The molecule has 0 heterocycles. The van der Waals surface area contributed by atoms with Crippen molar-refractivity contribution in [3.05, 3.63) is 29.6 Å². The van der Waals surface area contributed by atoms with Gasteiger partial charge in [0.15, 0.2) is 0 Å². The Morgan fingerprint density at radius 3 is 2.82 bits per heavy atom. The van der Waals surface area contributed by atoms with Crippen LogP contribution in [-0.4, -0.2) is 22.7 Å². The van der Waals surface area contributed by atoms with Crippen molar-refractivity contribution >= 4 is 5.97 Å². The van der Waals surface area contributed by atoms with Crippen LogP contribution in [0.2, 0.25) is 0 Å². The molecule has 3 N–H and O–H groups in total. The minimum atomic E-state index is -1.12. The van der Waals surface area contributed by atoms with Crippen molar-refractivity contribution in [2.24, 2.45) is 5.92 Å². The van der Waals surface area contributed by atoms with Crippen molar-refractivity contribution in [2.45, 2.75) is 18.9 Å². The first-order valence-electron chi connectivity index (χ1n) is 5.52. The maximum absolute atomic E-state index is 13.1. The summed E-state index contributed by atoms with van der Waals surface area (Å²) in [5.74, 6) is -1.38. The van der Waals surface area contributed by atoms with E-state index in [1.54, 1.807) is 0 Å². The molecule has 0 saturated heterocycles. The molecular formula is C12H14FNO3. The minimum Gasteiger partial charge on any atom is -0.508 e. The zero-order valence-corrected chi connectivity index (χ0v) is 9.19. The number of hydrogen-bond donors (Lipinski definition) is 3. The average molecular weight is 239 g/mol. The Balaban J connectivity index is 2.17. The number of aromatic hydroxyl groups is 1. The second-order valence-corrected chi connectivity index (χ2v) is 4.33. The van der Waals surface area contributed by atoms with E-state index in [-0.39, 0.29) is 11.3 Å². The van der Waals surface area contributed by atoms with Crippen LogP contribution in [-0.2, 0) is 4.79 Å². The van der Waals surface area contributed by atoms with E-state index in [0.717, 1.165) is 25.0 Å². The van der Waals surface area contributed by atoms with Gasteiger partial charge in [0, 0.05) is 5.56 Å². The van der Waals surface area contributed by atoms with E-state index < -0.39 is 17.8 Å². The molecule has 0 aliphatic heterocycles. The highest BCUT2D eigenvalue weighted by Gasteiger charge is 2.27. The lowest BCUT2D eigenvalue weighted by Crippen LogP contribution is -2.30. The van der Waals surface area contributed by atoms with Crippen molar-refractivity contribution in [3.8, 4) is 5.75 Å². The molecule has 1 aliphatic rings. The summed E-state index contributed by atoms with van der Waals surface area (Å²) in [6.07, 6.45) is 2.18. The van der Waals surface area contributed by atoms with Crippen LogP contribution in [0.4, 0.5) is 4.39 Å². The number of rotatable bonds is 5. The van der Waals surface area contributed by atoms with Crippen LogP contribution >= 0.6 is 0 Å². The number of carboxylic acid groups (broad SMARTS) is 1. The summed E-state index contributed by atoms with van der Waals surface area (Å²) in [5, 5.41) is 21.5. The summed E-state index contributed by atoms with van der Waals surface area (Å²) in [6.45, 7) is 0.576. The van der Waals surface area contributed by atoms with Crippen molar-refractivity contribution in [2.75, 3.05) is 6.54 Å². The molecule has 2 rings (SSSR count). The zero-order valence-electron chi connectivity index (χ0n) is 9.19. The van der Waals surface area contributed by atoms with Gasteiger partial charge in [-0.2, -0.15) is 0 Å². The van der Waals surface area contributed by atoms with Crippen molar-refractivity contribution in [1.82, 2.24) is 5.32 Å². The summed E-state index contributed by atoms with van der Waals surface area (Å²) >= 11 is 0. The van der Waals surface area contributed by atoms with Crippen LogP contribution in [0.25, 0.3) is 0 Å². The average Bonchev–Trinajstić information content (AvgIpc) is 3.06. The van der Waals surface area contributed by atoms with Gasteiger partial charge in [-0.05, 0) is 43.5 Å². The Labute approximate surface area is 98.1 Å². The van der Waals surface area contributed by atoms with Crippen molar-refractivity contribution < 1.29 is 19.4 Å². The molecule has 1 unspecified atom stereocenters. The highest BCUT2D eigenvalue weighted by molar-refractivity contribution is 5.76. The Hall–Kier alpha value is -1.62. The molecule has 4 nitrogen and oxygen atoms in total. The Morgan fingerprint density at radius 2 is 2.24 bits per heavy atom. The first-order valence-corrected chi connectivity index (χ1v) is 5.52. The standard InChI is InChI=1S/C12H14FNO3/c13-8-3-4-10(15)9(5-8)11(12(16)17)14-6-7-1-2-7/h3-5,7,11,14-15H,1-2,6H2,(H,16,17). The molecule has 17 heavy (non-hydrogen) atoms. The van der Waals surface area contributed by atoms with Gasteiger partial charge in [0.25, 0.3) is 0 Å². The van der Waals surface area contributed by atoms with Crippen LogP contribution in [0, 0.1) is 11.7 Å². The van der Waals surface area contributed by atoms with E-state index in [0.29, 0.717) is 12.5 Å². The molecule has 0 amide bonds. The second kappa shape index (κ2) is 4.71. The molecule has 0 bridgehead atoms. The third-order valence-electron chi connectivity index (χ3n) is 2.86. The topological polar surface area (TPSA) is 69.6 Å². The van der Waals surface area contributed by atoms with E-state index in [2.05, 4.69) is 5.32 Å². The number of carbonyl (C=O) groups is 1. The fourth-order valence-electron chi connectivity index (χ4n) is 1.69. The molecular weight excluding hydrogens is 225 g/mol. The molecule has 1 aliphatic carbocycles. The van der Waals surface area contributed by atoms with Gasteiger partial charge in [-0.25, -0.2) is 4.39 Å². The van der Waals surface area contributed by atoms with Gasteiger partial charge in [0.1, 0.15) is 17.6 Å². The molecule has 0 aromatic heterocycles. The number of phenolic OH excluding ortho intramolecular Hbond substituents is 1. The number of phenols is 1. The van der Waals surface area contributed by atoms with Crippen LogP contribution in [0.3, 0.4) is 0 Å². The van der Waals surface area contributed by atoms with Gasteiger partial charge in [0.2, 0.25) is 0 Å². The summed E-state index contributed by atoms with van der Waals surface area (Å²) in [5.41, 5.74) is 0.0677. The maximum atomic E-state index is 13.1. The maximum Gasteiger partial charge on any atom is 0.325 e. The van der Waals surface area contributed by atoms with E-state index in [1.807, 2.05) is 0 Å². The molecule has 1 aromatic carbocycles. The Kier molecular flexibility index (Phi) is 3.28. The number of benzene rings is 1. The van der Waals surface area contributed by atoms with Gasteiger partial charge in [0.05, 0.1) is 0 Å². The van der Waals surface area contributed by atoms with E-state index >= 15 is 0 Å². The van der Waals surface area contributed by atoms with Crippen molar-refractivity contribution in [1.29, 1.82) is 0 Å². The number of nitrogens with one attached hydrogen (secondary N) is 1. The fourth-order valence-corrected chi connectivity index (χ4v) is 1.69. The first-order chi connectivity index (χ1) is 8.08. The molecule has 0 radical (unpaired) electrons. The monoisotopic (exact) mass is 239 g/mol. The van der Waals surface area contributed by atoms with Gasteiger partial charge < -0.3 is 15.5 Å². The lowest BCUT2D eigenvalue weighted by atomic mass is 10.1. The Morgan fingerprint density at radius 1 is 1.53 bits per heavy atom. The predicted molar refractivity (Wildman–Crippen MR) is 59.2 cm³/mol. The first kappa shape index (κ1) is 11.9. The normalized spacial score (nSPS) is 16.8. The number of halogens is 1. The summed E-state index contributed by atoms with van der Waals surface area (Å²) in [4.78, 5) is 11.1. The SMILES string of the molecule is O=C(O)C(NCC1CC1)c1cc(F)ccc1O. The summed E-state index contributed by atoms with van der Waals surface area (Å²) < 4.78 is 13.1. The summed E-state index contributed by atoms with van der Waals surface area (Å²) in [7, 11) is 0. The predicted octanol–water partition coefficient (Wildman–Crippen LogP) is 1.66. The lowest BCUT2D eigenvalue weighted by Gasteiger charge is -2.15. The molecule has 5 heteroatoms. The quantitative estimate of drug-likeness (QED) is 0.730. The highest BCUT2D eigenvalue weighted by Crippen LogP contribution is 2.30. The number of hydrogen-bond acceptors (Lipinski definition) is 3. The van der Waals surface area contributed by atoms with Gasteiger partial charge in [-0.1, -0.05) is 0 Å². The van der Waals surface area contributed by atoms with Gasteiger partial charge in [-0.15, -0.1) is 0 Å². The highest BCUT2D eigenvalue weighted by atomic mass is 19.1. The fraction of sp³-hybridized carbons (Fsp3) is 0.417. The second-order valence-electron chi connectivity index (χ2n) is 4.33. The largest absolute Gasteiger partial charge is 0.508 e. The van der Waals surface area contributed by atoms with Crippen LogP contribution in [0.1, 0.15) is 24.4 Å². The number of aliphatic carboxylic acids is 1. The lowest BCUT2D eigenvalue weighted by molar-refractivity contribution is -0.139. The van der Waals surface area contributed by atoms with Crippen LogP contribution < -0.4 is 5.32 Å². The molecule has 1 saturated carbocycles. The molecule has 1 atom stereocenters. The number of carboxylic acids is 1. The third kappa shape index (κ3) is 2.94.